The molecule has 3 heterocycles. The van der Waals surface area contributed by atoms with Crippen LogP contribution in [-0.2, 0) is 0 Å². The maximum Gasteiger partial charge on any atom is 0.116 e. The Bertz CT molecular complexity index is 1610. The average Bonchev–Trinajstić information content (AvgIpc) is 3.52. The van der Waals surface area contributed by atoms with Crippen molar-refractivity contribution in [3.63, 3.8) is 0 Å². The molecule has 3 N–H and O–H groups in total. The van der Waals surface area contributed by atoms with E-state index < -0.39 is 0 Å². The summed E-state index contributed by atoms with van der Waals surface area (Å²) < 4.78 is 0. The van der Waals surface area contributed by atoms with Crippen molar-refractivity contribution >= 4 is 22.0 Å². The van der Waals surface area contributed by atoms with Gasteiger partial charge in [0.15, 0.2) is 0 Å². The smallest absolute Gasteiger partial charge is 0.116 e. The molecule has 4 rings (SSSR count). The molecular formula is C34H37N5. The average molecular weight is 516 g/mol. The lowest BCUT2D eigenvalue weighted by Crippen LogP contribution is -2.22. The third-order valence-electron chi connectivity index (χ3n) is 6.76. The zero-order chi connectivity index (χ0) is 28.2. The fraction of sp³-hybridized carbons (Fsp3) is 0.176. The molecule has 0 atom stereocenters. The number of hydrogen-bond donors (Lipinski definition) is 3. The summed E-state index contributed by atoms with van der Waals surface area (Å²) in [4.78, 5) is 7.85. The first-order chi connectivity index (χ1) is 18.7. The maximum absolute atomic E-state index is 4.68. The minimum Gasteiger partial charge on any atom is -0.359 e. The minimum absolute atomic E-state index is 0.0619. The van der Waals surface area contributed by atoms with Crippen LogP contribution in [0.2, 0.25) is 0 Å². The first-order valence-corrected chi connectivity index (χ1v) is 13.0. The summed E-state index contributed by atoms with van der Waals surface area (Å²) in [6.07, 6.45) is 13.5. The van der Waals surface area contributed by atoms with Crippen molar-refractivity contribution in [1.82, 2.24) is 25.5 Å². The number of aromatic amines is 2. The Morgan fingerprint density at radius 3 is 2.51 bits per heavy atom. The number of rotatable bonds is 9. The number of fused-ring (bicyclic) bond motifs is 1. The van der Waals surface area contributed by atoms with Crippen molar-refractivity contribution in [3.05, 3.63) is 133 Å². The van der Waals surface area contributed by atoms with Gasteiger partial charge in [0.2, 0.25) is 0 Å². The van der Waals surface area contributed by atoms with Crippen molar-refractivity contribution in [2.75, 3.05) is 0 Å². The van der Waals surface area contributed by atoms with E-state index in [0.717, 1.165) is 67.2 Å². The second-order valence-corrected chi connectivity index (χ2v) is 10.5. The maximum atomic E-state index is 4.68. The van der Waals surface area contributed by atoms with Crippen molar-refractivity contribution in [3.8, 4) is 11.4 Å². The largest absolute Gasteiger partial charge is 0.359 e. The van der Waals surface area contributed by atoms with Crippen LogP contribution in [0.4, 0.5) is 0 Å². The zero-order valence-electron chi connectivity index (χ0n) is 23.5. The predicted octanol–water partition coefficient (Wildman–Crippen LogP) is 8.50. The van der Waals surface area contributed by atoms with E-state index in [2.05, 4.69) is 115 Å². The van der Waals surface area contributed by atoms with Gasteiger partial charge in [-0.25, -0.2) is 0 Å². The van der Waals surface area contributed by atoms with Crippen LogP contribution in [0.5, 0.6) is 0 Å². The monoisotopic (exact) mass is 515 g/mol. The Morgan fingerprint density at radius 1 is 1.08 bits per heavy atom. The molecule has 5 heteroatoms. The van der Waals surface area contributed by atoms with Gasteiger partial charge in [0.1, 0.15) is 5.69 Å². The number of hydrogen-bond acceptors (Lipinski definition) is 3. The molecule has 0 unspecified atom stereocenters. The third kappa shape index (κ3) is 5.93. The molecule has 0 aliphatic rings. The summed E-state index contributed by atoms with van der Waals surface area (Å²) in [5.41, 5.74) is 10.9. The summed E-state index contributed by atoms with van der Waals surface area (Å²) in [6, 6.07) is 12.5. The Kier molecular flexibility index (Phi) is 8.01. The van der Waals surface area contributed by atoms with E-state index in [0.29, 0.717) is 0 Å². The predicted molar refractivity (Wildman–Crippen MR) is 166 cm³/mol. The molecule has 0 spiro atoms. The van der Waals surface area contributed by atoms with Gasteiger partial charge in [0, 0.05) is 51.4 Å². The highest BCUT2D eigenvalue weighted by atomic mass is 15.1. The summed E-state index contributed by atoms with van der Waals surface area (Å²) in [5.74, 6) is 0. The minimum atomic E-state index is -0.0619. The van der Waals surface area contributed by atoms with Crippen LogP contribution in [0, 0.1) is 12.3 Å². The molecule has 198 valence electrons. The lowest BCUT2D eigenvalue weighted by molar-refractivity contribution is 0.478. The van der Waals surface area contributed by atoms with Crippen LogP contribution in [0.15, 0.2) is 110 Å². The highest BCUT2D eigenvalue weighted by Gasteiger charge is 2.17. The highest BCUT2D eigenvalue weighted by Crippen LogP contribution is 2.34. The highest BCUT2D eigenvalue weighted by molar-refractivity contribution is 5.96. The number of nitrogens with one attached hydrogen (secondary N) is 3. The second-order valence-electron chi connectivity index (χ2n) is 10.5. The van der Waals surface area contributed by atoms with Gasteiger partial charge in [0.25, 0.3) is 0 Å². The van der Waals surface area contributed by atoms with Gasteiger partial charge < -0.3 is 10.3 Å². The Morgan fingerprint density at radius 2 is 1.87 bits per heavy atom. The molecule has 0 radical (unpaired) electrons. The molecule has 0 amide bonds. The molecule has 1 aromatic carbocycles. The molecule has 0 saturated carbocycles. The SMILES string of the molecule is C=C/C=C(/c1cccnc1)c1cc(-c2n[nH]c3ccc(C(/C=C(\C=C)NC(=C)C(C)(C)C)=C/C)cc23)[nH]c1C. The standard InChI is InChI=1S/C34H37N5/c1-9-13-28(26-14-12-17-35-21-26)29-20-32(36-22(29)4)33-30-19-25(15-16-31(30)38-39-33)24(10-2)18-27(11-3)37-23(5)34(6,7)8/h9-21,36-37H,1,3,5H2,2,4,6-8H3,(H,38,39)/b24-10+,27-18+,28-13-. The van der Waals surface area contributed by atoms with Crippen LogP contribution >= 0.6 is 0 Å². The van der Waals surface area contributed by atoms with Crippen LogP contribution in [0.1, 0.15) is 50.1 Å². The van der Waals surface area contributed by atoms with E-state index in [1.54, 1.807) is 12.3 Å². The first kappa shape index (κ1) is 27.4. The van der Waals surface area contributed by atoms with E-state index in [-0.39, 0.29) is 5.41 Å². The van der Waals surface area contributed by atoms with Crippen molar-refractivity contribution in [2.45, 2.75) is 34.6 Å². The van der Waals surface area contributed by atoms with Gasteiger partial charge in [-0.05, 0) is 67.0 Å². The van der Waals surface area contributed by atoms with E-state index in [1.807, 2.05) is 31.3 Å². The summed E-state index contributed by atoms with van der Waals surface area (Å²) >= 11 is 0. The molecule has 5 nitrogen and oxygen atoms in total. The van der Waals surface area contributed by atoms with Crippen LogP contribution in [0.3, 0.4) is 0 Å². The number of H-pyrrole nitrogens is 2. The summed E-state index contributed by atoms with van der Waals surface area (Å²) in [5, 5.41) is 12.3. The van der Waals surface area contributed by atoms with Crippen molar-refractivity contribution in [2.24, 2.45) is 5.41 Å². The Hall–Kier alpha value is -4.64. The lowest BCUT2D eigenvalue weighted by Gasteiger charge is -2.24. The van der Waals surface area contributed by atoms with Gasteiger partial charge in [-0.3, -0.25) is 10.1 Å². The number of aryl methyl sites for hydroxylation is 1. The second kappa shape index (κ2) is 11.4. The molecule has 0 fully saturated rings. The normalized spacial score (nSPS) is 13.0. The number of nitrogens with zero attached hydrogens (tertiary/aromatic N) is 2. The van der Waals surface area contributed by atoms with Gasteiger partial charge >= 0.3 is 0 Å². The van der Waals surface area contributed by atoms with Gasteiger partial charge in [0.05, 0.1) is 11.2 Å². The number of aromatic nitrogens is 4. The zero-order valence-corrected chi connectivity index (χ0v) is 23.5. The van der Waals surface area contributed by atoms with Crippen LogP contribution < -0.4 is 5.32 Å². The molecule has 0 aliphatic carbocycles. The van der Waals surface area contributed by atoms with Crippen molar-refractivity contribution in [1.29, 1.82) is 0 Å². The molecule has 4 aromatic rings. The molecule has 0 bridgehead atoms. The Labute approximate surface area is 231 Å². The van der Waals surface area contributed by atoms with Crippen molar-refractivity contribution < 1.29 is 0 Å². The molecule has 39 heavy (non-hydrogen) atoms. The first-order valence-electron chi connectivity index (χ1n) is 13.0. The molecule has 3 aromatic heterocycles. The van der Waals surface area contributed by atoms with E-state index >= 15 is 0 Å². The van der Waals surface area contributed by atoms with E-state index in [1.165, 1.54) is 0 Å². The van der Waals surface area contributed by atoms with Gasteiger partial charge in [-0.15, -0.1) is 0 Å². The topological polar surface area (TPSA) is 69.4 Å². The molecule has 0 saturated heterocycles. The van der Waals surface area contributed by atoms with E-state index in [9.17, 15) is 0 Å². The van der Waals surface area contributed by atoms with Crippen LogP contribution in [-0.4, -0.2) is 20.2 Å². The summed E-state index contributed by atoms with van der Waals surface area (Å²) in [6.45, 7) is 22.6. The molecule has 0 aliphatic heterocycles. The van der Waals surface area contributed by atoms with Gasteiger partial charge in [-0.2, -0.15) is 5.10 Å². The number of allylic oxidation sites excluding steroid dienone is 7. The lowest BCUT2D eigenvalue weighted by atomic mass is 9.92. The van der Waals surface area contributed by atoms with Gasteiger partial charge in [-0.1, -0.05) is 70.9 Å². The third-order valence-corrected chi connectivity index (χ3v) is 6.76. The summed E-state index contributed by atoms with van der Waals surface area (Å²) in [7, 11) is 0. The quantitative estimate of drug-likeness (QED) is 0.196. The Balaban J connectivity index is 1.74. The fourth-order valence-electron chi connectivity index (χ4n) is 4.35. The fourth-order valence-corrected chi connectivity index (χ4v) is 4.35. The molecular weight excluding hydrogens is 478 g/mol. The number of benzene rings is 1. The van der Waals surface area contributed by atoms with E-state index in [4.69, 9.17) is 0 Å². The number of pyridine rings is 1. The van der Waals surface area contributed by atoms with Crippen LogP contribution in [0.25, 0.3) is 33.4 Å².